The lowest BCUT2D eigenvalue weighted by atomic mass is 10.2. The Hall–Kier alpha value is -2.12. The third kappa shape index (κ3) is 5.94. The Morgan fingerprint density at radius 1 is 1.22 bits per heavy atom. The van der Waals surface area contributed by atoms with E-state index in [0.717, 1.165) is 25.3 Å². The van der Waals surface area contributed by atoms with E-state index in [0.29, 0.717) is 30.2 Å². The van der Waals surface area contributed by atoms with Gasteiger partial charge >= 0.3 is 0 Å². The van der Waals surface area contributed by atoms with Gasteiger partial charge in [0, 0.05) is 24.0 Å². The van der Waals surface area contributed by atoms with E-state index >= 15 is 0 Å². The van der Waals surface area contributed by atoms with Crippen LogP contribution in [0.1, 0.15) is 41.7 Å². The molecule has 1 aliphatic heterocycles. The quantitative estimate of drug-likeness (QED) is 0.750. The van der Waals surface area contributed by atoms with Crippen LogP contribution in [0.4, 0.5) is 0 Å². The summed E-state index contributed by atoms with van der Waals surface area (Å²) in [6.07, 6.45) is 5.15. The van der Waals surface area contributed by atoms with Crippen LogP contribution in [0.25, 0.3) is 0 Å². The van der Waals surface area contributed by atoms with E-state index in [-0.39, 0.29) is 5.91 Å². The minimum Gasteiger partial charge on any atom is -0.493 e. The van der Waals surface area contributed by atoms with Crippen molar-refractivity contribution in [2.24, 2.45) is 0 Å². The number of carbonyl (C=O) groups is 1. The first-order chi connectivity index (χ1) is 13.3. The number of hydrogen-bond acceptors (Lipinski definition) is 6. The molecule has 0 saturated carbocycles. The number of hydrogen-bond donors (Lipinski definition) is 1. The van der Waals surface area contributed by atoms with Gasteiger partial charge in [-0.05, 0) is 44.1 Å². The summed E-state index contributed by atoms with van der Waals surface area (Å²) in [7, 11) is 1.58. The lowest BCUT2D eigenvalue weighted by Crippen LogP contribution is -2.35. The van der Waals surface area contributed by atoms with Crippen LogP contribution in [-0.4, -0.2) is 49.1 Å². The van der Waals surface area contributed by atoms with Crippen molar-refractivity contribution in [3.63, 3.8) is 0 Å². The summed E-state index contributed by atoms with van der Waals surface area (Å²) in [5, 5.41) is 4.95. The van der Waals surface area contributed by atoms with Crippen LogP contribution in [0.2, 0.25) is 0 Å². The molecule has 2 aromatic rings. The van der Waals surface area contributed by atoms with E-state index in [1.54, 1.807) is 30.8 Å². The first-order valence-electron chi connectivity index (χ1n) is 9.45. The van der Waals surface area contributed by atoms with Crippen LogP contribution < -0.4 is 14.8 Å². The van der Waals surface area contributed by atoms with Gasteiger partial charge in [0.15, 0.2) is 11.5 Å². The second-order valence-electron chi connectivity index (χ2n) is 6.65. The number of likely N-dealkylation sites (tertiary alicyclic amines) is 1. The summed E-state index contributed by atoms with van der Waals surface area (Å²) in [6.45, 7) is 4.20. The second kappa shape index (κ2) is 10.3. The van der Waals surface area contributed by atoms with Gasteiger partial charge in [-0.2, -0.15) is 0 Å². The van der Waals surface area contributed by atoms with Crippen LogP contribution in [0.5, 0.6) is 11.5 Å². The zero-order chi connectivity index (χ0) is 18.9. The van der Waals surface area contributed by atoms with Gasteiger partial charge in [-0.1, -0.05) is 12.8 Å². The van der Waals surface area contributed by atoms with Crippen LogP contribution in [-0.2, 0) is 6.61 Å². The molecule has 1 saturated heterocycles. The highest BCUT2D eigenvalue weighted by Gasteiger charge is 2.13. The Kier molecular flexibility index (Phi) is 7.47. The second-order valence-corrected chi connectivity index (χ2v) is 7.36. The van der Waals surface area contributed by atoms with E-state index in [2.05, 4.69) is 15.2 Å². The molecule has 1 N–H and O–H groups in total. The smallest absolute Gasteiger partial charge is 0.251 e. The molecule has 7 heteroatoms. The molecule has 1 aliphatic rings. The van der Waals surface area contributed by atoms with Crippen molar-refractivity contribution in [1.29, 1.82) is 0 Å². The van der Waals surface area contributed by atoms with Gasteiger partial charge in [-0.25, -0.2) is 4.98 Å². The number of thiazole rings is 1. The summed E-state index contributed by atoms with van der Waals surface area (Å²) >= 11 is 1.53. The van der Waals surface area contributed by atoms with Gasteiger partial charge in [-0.3, -0.25) is 4.79 Å². The summed E-state index contributed by atoms with van der Waals surface area (Å²) in [6, 6.07) is 5.26. The minimum atomic E-state index is -0.0887. The molecule has 0 radical (unpaired) electrons. The maximum Gasteiger partial charge on any atom is 0.251 e. The number of benzene rings is 1. The molecule has 0 aliphatic carbocycles. The van der Waals surface area contributed by atoms with E-state index < -0.39 is 0 Å². The summed E-state index contributed by atoms with van der Waals surface area (Å²) in [5.41, 5.74) is 3.22. The van der Waals surface area contributed by atoms with Crippen LogP contribution in [0.15, 0.2) is 29.1 Å². The number of aromatic nitrogens is 1. The van der Waals surface area contributed by atoms with E-state index in [1.807, 2.05) is 5.38 Å². The molecular formula is C20H27N3O3S. The van der Waals surface area contributed by atoms with E-state index in [9.17, 15) is 4.79 Å². The summed E-state index contributed by atoms with van der Waals surface area (Å²) in [5.74, 6) is 1.06. The predicted octanol–water partition coefficient (Wildman–Crippen LogP) is 3.34. The van der Waals surface area contributed by atoms with Crippen molar-refractivity contribution < 1.29 is 14.3 Å². The van der Waals surface area contributed by atoms with Crippen molar-refractivity contribution in [3.8, 4) is 11.5 Å². The van der Waals surface area contributed by atoms with Crippen molar-refractivity contribution in [2.75, 3.05) is 33.3 Å². The fraction of sp³-hybridized carbons (Fsp3) is 0.500. The fourth-order valence-corrected chi connectivity index (χ4v) is 3.72. The third-order valence-electron chi connectivity index (χ3n) is 4.70. The predicted molar refractivity (Wildman–Crippen MR) is 107 cm³/mol. The maximum absolute atomic E-state index is 12.4. The number of ether oxygens (including phenoxy) is 2. The topological polar surface area (TPSA) is 63.7 Å². The lowest BCUT2D eigenvalue weighted by Gasteiger charge is -2.19. The molecule has 0 atom stereocenters. The molecule has 2 heterocycles. The standard InChI is InChI=1S/C20H27N3O3S/c1-25-19-12-16(6-7-18(19)26-13-17-14-27-15-22-17)20(24)21-8-11-23-9-4-2-3-5-10-23/h6-7,12,14-15H,2-5,8-11,13H2,1H3,(H,21,24). The highest BCUT2D eigenvalue weighted by Crippen LogP contribution is 2.28. The number of rotatable bonds is 8. The van der Waals surface area contributed by atoms with Gasteiger partial charge < -0.3 is 19.7 Å². The summed E-state index contributed by atoms with van der Waals surface area (Å²) < 4.78 is 11.1. The molecule has 0 spiro atoms. The molecule has 27 heavy (non-hydrogen) atoms. The molecule has 0 bridgehead atoms. The highest BCUT2D eigenvalue weighted by atomic mass is 32.1. The van der Waals surface area contributed by atoms with E-state index in [1.165, 1.54) is 37.0 Å². The number of carbonyl (C=O) groups excluding carboxylic acids is 1. The van der Waals surface area contributed by atoms with E-state index in [4.69, 9.17) is 9.47 Å². The van der Waals surface area contributed by atoms with Gasteiger partial charge in [0.25, 0.3) is 5.91 Å². The first kappa shape index (κ1) is 19.6. The monoisotopic (exact) mass is 389 g/mol. The maximum atomic E-state index is 12.4. The largest absolute Gasteiger partial charge is 0.493 e. The summed E-state index contributed by atoms with van der Waals surface area (Å²) in [4.78, 5) is 19.1. The highest BCUT2D eigenvalue weighted by molar-refractivity contribution is 7.07. The van der Waals surface area contributed by atoms with Crippen LogP contribution in [0.3, 0.4) is 0 Å². The molecule has 1 aromatic heterocycles. The average Bonchev–Trinajstić information content (AvgIpc) is 3.08. The Bertz CT molecular complexity index is 713. The fourth-order valence-electron chi connectivity index (χ4n) is 3.18. The zero-order valence-corrected chi connectivity index (χ0v) is 16.6. The molecule has 6 nitrogen and oxygen atoms in total. The van der Waals surface area contributed by atoms with Gasteiger partial charge in [-0.15, -0.1) is 11.3 Å². The Morgan fingerprint density at radius 2 is 2.04 bits per heavy atom. The van der Waals surface area contributed by atoms with Gasteiger partial charge in [0.05, 0.1) is 18.3 Å². The Morgan fingerprint density at radius 3 is 2.74 bits per heavy atom. The number of nitrogens with one attached hydrogen (secondary N) is 1. The molecule has 146 valence electrons. The average molecular weight is 390 g/mol. The SMILES string of the molecule is COc1cc(C(=O)NCCN2CCCCCC2)ccc1OCc1cscn1. The van der Waals surface area contributed by atoms with Crippen molar-refractivity contribution >= 4 is 17.2 Å². The van der Waals surface area contributed by atoms with Gasteiger partial charge in [0.2, 0.25) is 0 Å². The molecule has 1 fully saturated rings. The third-order valence-corrected chi connectivity index (χ3v) is 5.33. The normalized spacial score (nSPS) is 15.1. The molecule has 0 unspecified atom stereocenters. The number of amides is 1. The number of methoxy groups -OCH3 is 1. The molecule has 3 rings (SSSR count). The van der Waals surface area contributed by atoms with Crippen molar-refractivity contribution in [3.05, 3.63) is 40.3 Å². The molecule has 1 amide bonds. The Labute approximate surface area is 164 Å². The van der Waals surface area contributed by atoms with Crippen LogP contribution >= 0.6 is 11.3 Å². The number of nitrogens with zero attached hydrogens (tertiary/aromatic N) is 2. The van der Waals surface area contributed by atoms with Crippen LogP contribution in [0, 0.1) is 0 Å². The zero-order valence-electron chi connectivity index (χ0n) is 15.8. The molecular weight excluding hydrogens is 362 g/mol. The molecule has 1 aromatic carbocycles. The Balaban J connectivity index is 1.51. The van der Waals surface area contributed by atoms with Crippen molar-refractivity contribution in [1.82, 2.24) is 15.2 Å². The first-order valence-corrected chi connectivity index (χ1v) is 10.4. The van der Waals surface area contributed by atoms with Crippen molar-refractivity contribution in [2.45, 2.75) is 32.3 Å². The lowest BCUT2D eigenvalue weighted by molar-refractivity contribution is 0.0948. The van der Waals surface area contributed by atoms with Gasteiger partial charge in [0.1, 0.15) is 6.61 Å². The minimum absolute atomic E-state index is 0.0887.